The highest BCUT2D eigenvalue weighted by molar-refractivity contribution is 7.15. The highest BCUT2D eigenvalue weighted by atomic mass is 35.5. The van der Waals surface area contributed by atoms with Crippen molar-refractivity contribution in [2.24, 2.45) is 7.05 Å². The van der Waals surface area contributed by atoms with E-state index in [-0.39, 0.29) is 22.5 Å². The van der Waals surface area contributed by atoms with E-state index in [1.54, 1.807) is 25.0 Å². The molecular weight excluding hydrogens is 357 g/mol. The minimum atomic E-state index is -4.36. The number of carbonyl (C=O) groups is 1. The summed E-state index contributed by atoms with van der Waals surface area (Å²) in [6.07, 6.45) is -2.34. The predicted octanol–water partition coefficient (Wildman–Crippen LogP) is 1.70. The van der Waals surface area contributed by atoms with Crippen molar-refractivity contribution in [1.82, 2.24) is 25.3 Å². The minimum Gasteiger partial charge on any atom is -0.305 e. The largest absolute Gasteiger partial charge is 0.395 e. The Hall–Kier alpha value is -1.72. The minimum absolute atomic E-state index is 0. The molecule has 0 spiro atoms. The second-order valence-electron chi connectivity index (χ2n) is 4.45. The molecule has 1 unspecified atom stereocenters. The summed E-state index contributed by atoms with van der Waals surface area (Å²) < 4.78 is 38.3. The summed E-state index contributed by atoms with van der Waals surface area (Å²) in [5.41, 5.74) is 0.627. The summed E-state index contributed by atoms with van der Waals surface area (Å²) in [4.78, 5) is 12.2. The van der Waals surface area contributed by atoms with Crippen LogP contribution in [0.15, 0.2) is 12.4 Å². The van der Waals surface area contributed by atoms with Crippen molar-refractivity contribution in [2.45, 2.75) is 18.6 Å². The van der Waals surface area contributed by atoms with E-state index in [0.717, 1.165) is 0 Å². The van der Waals surface area contributed by atoms with E-state index in [9.17, 15) is 18.0 Å². The average molecular weight is 371 g/mol. The van der Waals surface area contributed by atoms with Crippen LogP contribution in [-0.4, -0.2) is 39.1 Å². The maximum atomic E-state index is 12.3. The lowest BCUT2D eigenvalue weighted by Crippen LogP contribution is -2.30. The molecule has 12 heteroatoms. The first kappa shape index (κ1) is 19.3. The fourth-order valence-electron chi connectivity index (χ4n) is 1.76. The summed E-state index contributed by atoms with van der Waals surface area (Å²) >= 11 is 0.694. The van der Waals surface area contributed by atoms with Crippen LogP contribution in [0.1, 0.15) is 16.6 Å². The number of hydrogen-bond acceptors (Lipinski definition) is 6. The zero-order valence-corrected chi connectivity index (χ0v) is 13.7. The highest BCUT2D eigenvalue weighted by Gasteiger charge is 2.30. The van der Waals surface area contributed by atoms with Gasteiger partial charge in [0.15, 0.2) is 0 Å². The lowest BCUT2D eigenvalue weighted by atomic mass is 10.1. The van der Waals surface area contributed by atoms with Gasteiger partial charge < -0.3 is 5.32 Å². The summed E-state index contributed by atoms with van der Waals surface area (Å²) in [7, 11) is 3.30. The molecule has 0 saturated heterocycles. The summed E-state index contributed by atoms with van der Waals surface area (Å²) in [5.74, 6) is -0.454. The van der Waals surface area contributed by atoms with Crippen molar-refractivity contribution in [3.8, 4) is 0 Å². The third kappa shape index (κ3) is 5.44. The monoisotopic (exact) mass is 370 g/mol. The van der Waals surface area contributed by atoms with Crippen LogP contribution < -0.4 is 10.6 Å². The van der Waals surface area contributed by atoms with Crippen molar-refractivity contribution in [3.05, 3.63) is 23.0 Å². The zero-order chi connectivity index (χ0) is 16.3. The van der Waals surface area contributed by atoms with Crippen molar-refractivity contribution in [2.75, 3.05) is 12.4 Å². The summed E-state index contributed by atoms with van der Waals surface area (Å²) in [6, 6.07) is -0.691. The highest BCUT2D eigenvalue weighted by Crippen LogP contribution is 2.25. The number of aromatic nitrogens is 4. The van der Waals surface area contributed by atoms with Gasteiger partial charge in [-0.2, -0.15) is 18.3 Å². The van der Waals surface area contributed by atoms with Crippen LogP contribution in [0.2, 0.25) is 0 Å². The van der Waals surface area contributed by atoms with E-state index in [1.807, 2.05) is 0 Å². The smallest absolute Gasteiger partial charge is 0.305 e. The van der Waals surface area contributed by atoms with Crippen LogP contribution >= 0.6 is 23.7 Å². The normalized spacial score (nSPS) is 12.6. The lowest BCUT2D eigenvalue weighted by Gasteiger charge is -2.12. The van der Waals surface area contributed by atoms with Gasteiger partial charge in [0.25, 0.3) is 0 Å². The van der Waals surface area contributed by atoms with Crippen LogP contribution in [-0.2, 0) is 18.3 Å². The van der Waals surface area contributed by atoms with Crippen molar-refractivity contribution >= 4 is 34.8 Å². The number of alkyl halides is 3. The van der Waals surface area contributed by atoms with E-state index in [2.05, 4.69) is 25.9 Å². The molecule has 23 heavy (non-hydrogen) atoms. The Kier molecular flexibility index (Phi) is 6.47. The molecule has 1 atom stereocenters. The quantitative estimate of drug-likeness (QED) is 0.836. The molecule has 1 amide bonds. The fourth-order valence-corrected chi connectivity index (χ4v) is 2.54. The maximum Gasteiger partial charge on any atom is 0.395 e. The first-order valence-electron chi connectivity index (χ1n) is 6.14. The topological polar surface area (TPSA) is 84.7 Å². The van der Waals surface area contributed by atoms with E-state index < -0.39 is 24.5 Å². The zero-order valence-electron chi connectivity index (χ0n) is 12.1. The van der Waals surface area contributed by atoms with Gasteiger partial charge in [0.1, 0.15) is 11.0 Å². The van der Waals surface area contributed by atoms with Gasteiger partial charge in [-0.15, -0.1) is 22.6 Å². The Balaban J connectivity index is 0.00000264. The molecule has 0 aliphatic carbocycles. The van der Waals surface area contributed by atoms with Crippen LogP contribution in [0.3, 0.4) is 0 Å². The van der Waals surface area contributed by atoms with Crippen LogP contribution in [0.5, 0.6) is 0 Å². The van der Waals surface area contributed by atoms with Gasteiger partial charge in [-0.3, -0.25) is 14.8 Å². The van der Waals surface area contributed by atoms with Gasteiger partial charge in [0, 0.05) is 18.8 Å². The van der Waals surface area contributed by atoms with E-state index >= 15 is 0 Å². The maximum absolute atomic E-state index is 12.3. The van der Waals surface area contributed by atoms with E-state index in [4.69, 9.17) is 0 Å². The number of anilines is 1. The number of halogens is 4. The molecule has 7 nitrogen and oxygen atoms in total. The average Bonchev–Trinajstić information content (AvgIpc) is 2.98. The molecular formula is C11H14ClF3N6OS. The van der Waals surface area contributed by atoms with Gasteiger partial charge in [-0.05, 0) is 7.05 Å². The number of aryl methyl sites for hydroxylation is 1. The number of rotatable bonds is 5. The molecule has 0 bridgehead atoms. The predicted molar refractivity (Wildman–Crippen MR) is 80.6 cm³/mol. The van der Waals surface area contributed by atoms with Crippen molar-refractivity contribution in [1.29, 1.82) is 0 Å². The van der Waals surface area contributed by atoms with Gasteiger partial charge in [-0.25, -0.2) is 0 Å². The fraction of sp³-hybridized carbons (Fsp3) is 0.455. The number of carbonyl (C=O) groups excluding carboxylic acids is 1. The molecule has 0 saturated carbocycles. The van der Waals surface area contributed by atoms with Gasteiger partial charge in [-0.1, -0.05) is 11.3 Å². The molecule has 2 aromatic heterocycles. The van der Waals surface area contributed by atoms with Crippen LogP contribution in [0.4, 0.5) is 18.3 Å². The third-order valence-electron chi connectivity index (χ3n) is 2.66. The number of likely N-dealkylation sites (N-methyl/N-ethyl adjacent to an activating group) is 1. The Morgan fingerprint density at radius 2 is 2.13 bits per heavy atom. The van der Waals surface area contributed by atoms with Gasteiger partial charge in [0.2, 0.25) is 11.0 Å². The van der Waals surface area contributed by atoms with E-state index in [1.165, 1.54) is 6.20 Å². The Bertz CT molecular complexity index is 658. The number of hydrogen-bond donors (Lipinski definition) is 2. The molecule has 0 aromatic carbocycles. The van der Waals surface area contributed by atoms with Crippen molar-refractivity contribution < 1.29 is 18.0 Å². The van der Waals surface area contributed by atoms with Crippen molar-refractivity contribution in [3.63, 3.8) is 0 Å². The van der Waals surface area contributed by atoms with Gasteiger partial charge in [0.05, 0.1) is 12.6 Å². The molecule has 0 fully saturated rings. The van der Waals surface area contributed by atoms with Crippen LogP contribution in [0.25, 0.3) is 0 Å². The molecule has 0 aliphatic rings. The summed E-state index contributed by atoms with van der Waals surface area (Å²) in [6.45, 7) is 0. The first-order chi connectivity index (χ1) is 10.3. The third-order valence-corrected chi connectivity index (χ3v) is 3.50. The second kappa shape index (κ2) is 7.70. The molecule has 128 valence electrons. The standard InChI is InChI=1S/C11H13F3N6OS.ClH/c1-15-8(6-4-16-20(2)5-6)9(21)17-10-19-18-7(22-10)3-11(12,13)14;/h4-5,8,15H,3H2,1-2H3,(H,17,19,21);1H. The Labute approximate surface area is 139 Å². The Morgan fingerprint density at radius 3 is 2.65 bits per heavy atom. The van der Waals surface area contributed by atoms with Gasteiger partial charge >= 0.3 is 6.18 Å². The molecule has 2 rings (SSSR count). The molecule has 2 N–H and O–H groups in total. The molecule has 2 heterocycles. The Morgan fingerprint density at radius 1 is 1.43 bits per heavy atom. The molecule has 0 aliphatic heterocycles. The second-order valence-corrected chi connectivity index (χ2v) is 5.51. The first-order valence-corrected chi connectivity index (χ1v) is 6.96. The number of nitrogens with zero attached hydrogens (tertiary/aromatic N) is 4. The summed E-state index contributed by atoms with van der Waals surface area (Å²) in [5, 5.41) is 16.0. The van der Waals surface area contributed by atoms with Crippen LogP contribution in [0, 0.1) is 0 Å². The van der Waals surface area contributed by atoms with E-state index in [0.29, 0.717) is 16.9 Å². The molecule has 2 aromatic rings. The lowest BCUT2D eigenvalue weighted by molar-refractivity contribution is -0.127. The molecule has 0 radical (unpaired) electrons. The number of nitrogens with one attached hydrogen (secondary N) is 2. The number of amides is 1. The SMILES string of the molecule is CNC(C(=O)Nc1nnc(CC(F)(F)F)s1)c1cnn(C)c1.Cl.